The average Bonchev–Trinajstić information content (AvgIpc) is 2.42. The molecule has 0 bridgehead atoms. The highest BCUT2D eigenvalue weighted by atomic mass is 16.5. The molecule has 0 saturated carbocycles. The van der Waals surface area contributed by atoms with E-state index in [9.17, 15) is 0 Å². The molecular formula is C13H20N2O3. The Balaban J connectivity index is 2.05. The minimum atomic E-state index is 0.545. The van der Waals surface area contributed by atoms with Crippen LogP contribution in [-0.2, 0) is 9.47 Å². The Hall–Kier alpha value is -1.46. The lowest BCUT2D eigenvalue weighted by Gasteiger charge is -2.30. The molecule has 0 aromatic heterocycles. The van der Waals surface area contributed by atoms with Crippen molar-refractivity contribution >= 4 is 11.4 Å². The molecule has 2 rings (SSSR count). The highest BCUT2D eigenvalue weighted by Crippen LogP contribution is 2.28. The van der Waals surface area contributed by atoms with E-state index in [1.54, 1.807) is 7.11 Å². The first-order valence-electron chi connectivity index (χ1n) is 6.15. The third-order valence-electron chi connectivity index (χ3n) is 2.91. The van der Waals surface area contributed by atoms with Crippen molar-refractivity contribution in [1.29, 1.82) is 0 Å². The molecule has 0 atom stereocenters. The summed E-state index contributed by atoms with van der Waals surface area (Å²) in [5.41, 5.74) is 7.81. The maximum absolute atomic E-state index is 6.01. The Bertz CT molecular complexity index is 378. The second kappa shape index (κ2) is 6.47. The average molecular weight is 252 g/mol. The molecule has 0 radical (unpaired) electrons. The van der Waals surface area contributed by atoms with E-state index in [0.717, 1.165) is 43.4 Å². The van der Waals surface area contributed by atoms with Crippen molar-refractivity contribution in [2.75, 3.05) is 57.3 Å². The molecule has 1 fully saturated rings. The SMILES string of the molecule is COCCOc1ccc(N)c(N2CCOCC2)c1. The molecule has 5 nitrogen and oxygen atoms in total. The van der Waals surface area contributed by atoms with E-state index >= 15 is 0 Å². The molecule has 0 spiro atoms. The molecule has 1 aliphatic heterocycles. The summed E-state index contributed by atoms with van der Waals surface area (Å²) in [7, 11) is 1.66. The monoisotopic (exact) mass is 252 g/mol. The summed E-state index contributed by atoms with van der Waals surface area (Å²) in [5.74, 6) is 0.822. The van der Waals surface area contributed by atoms with E-state index in [1.807, 2.05) is 18.2 Å². The number of methoxy groups -OCH3 is 1. The first-order chi connectivity index (χ1) is 8.81. The van der Waals surface area contributed by atoms with Crippen LogP contribution in [0.2, 0.25) is 0 Å². The maximum atomic E-state index is 6.01. The van der Waals surface area contributed by atoms with Gasteiger partial charge in [0.2, 0.25) is 0 Å². The molecule has 18 heavy (non-hydrogen) atoms. The molecule has 1 aromatic carbocycles. The fourth-order valence-electron chi connectivity index (χ4n) is 1.93. The van der Waals surface area contributed by atoms with Gasteiger partial charge >= 0.3 is 0 Å². The predicted molar refractivity (Wildman–Crippen MR) is 71.3 cm³/mol. The topological polar surface area (TPSA) is 57.0 Å². The van der Waals surface area contributed by atoms with Gasteiger partial charge in [-0.2, -0.15) is 0 Å². The third kappa shape index (κ3) is 3.27. The Morgan fingerprint density at radius 3 is 2.78 bits per heavy atom. The van der Waals surface area contributed by atoms with Gasteiger partial charge in [-0.1, -0.05) is 0 Å². The van der Waals surface area contributed by atoms with Crippen LogP contribution in [0.1, 0.15) is 0 Å². The van der Waals surface area contributed by atoms with Gasteiger partial charge in [0.15, 0.2) is 0 Å². The fraction of sp³-hybridized carbons (Fsp3) is 0.538. The van der Waals surface area contributed by atoms with E-state index in [4.69, 9.17) is 19.9 Å². The largest absolute Gasteiger partial charge is 0.491 e. The van der Waals surface area contributed by atoms with Crippen LogP contribution in [0.25, 0.3) is 0 Å². The van der Waals surface area contributed by atoms with Gasteiger partial charge in [0.1, 0.15) is 12.4 Å². The van der Waals surface area contributed by atoms with Gasteiger partial charge in [-0.05, 0) is 12.1 Å². The van der Waals surface area contributed by atoms with Crippen LogP contribution in [-0.4, -0.2) is 46.6 Å². The van der Waals surface area contributed by atoms with Gasteiger partial charge in [0, 0.05) is 26.3 Å². The number of nitrogens with zero attached hydrogens (tertiary/aromatic N) is 1. The lowest BCUT2D eigenvalue weighted by atomic mass is 10.2. The van der Waals surface area contributed by atoms with Crippen molar-refractivity contribution in [2.24, 2.45) is 0 Å². The summed E-state index contributed by atoms with van der Waals surface area (Å²) >= 11 is 0. The van der Waals surface area contributed by atoms with Gasteiger partial charge in [0.05, 0.1) is 31.2 Å². The van der Waals surface area contributed by atoms with Crippen molar-refractivity contribution < 1.29 is 14.2 Å². The lowest BCUT2D eigenvalue weighted by molar-refractivity contribution is 0.122. The summed E-state index contributed by atoms with van der Waals surface area (Å²) in [6, 6.07) is 5.75. The number of rotatable bonds is 5. The molecule has 0 amide bonds. The second-order valence-electron chi connectivity index (χ2n) is 4.16. The number of hydrogen-bond acceptors (Lipinski definition) is 5. The predicted octanol–water partition coefficient (Wildman–Crippen LogP) is 1.13. The number of ether oxygens (including phenoxy) is 3. The van der Waals surface area contributed by atoms with Crippen LogP contribution in [0.5, 0.6) is 5.75 Å². The van der Waals surface area contributed by atoms with Gasteiger partial charge in [-0.15, -0.1) is 0 Å². The summed E-state index contributed by atoms with van der Waals surface area (Å²) in [6.07, 6.45) is 0. The summed E-state index contributed by atoms with van der Waals surface area (Å²) < 4.78 is 15.9. The molecule has 1 heterocycles. The summed E-state index contributed by atoms with van der Waals surface area (Å²) in [4.78, 5) is 2.22. The maximum Gasteiger partial charge on any atom is 0.121 e. The molecule has 0 aliphatic carbocycles. The van der Waals surface area contributed by atoms with Crippen LogP contribution < -0.4 is 15.4 Å². The molecule has 0 unspecified atom stereocenters. The zero-order valence-corrected chi connectivity index (χ0v) is 10.7. The minimum absolute atomic E-state index is 0.545. The molecule has 1 saturated heterocycles. The van der Waals surface area contributed by atoms with E-state index in [1.165, 1.54) is 0 Å². The number of benzene rings is 1. The van der Waals surface area contributed by atoms with Gasteiger partial charge in [-0.25, -0.2) is 0 Å². The number of anilines is 2. The van der Waals surface area contributed by atoms with E-state index in [2.05, 4.69) is 4.90 Å². The number of nitrogen functional groups attached to an aromatic ring is 1. The standard InChI is InChI=1S/C13H20N2O3/c1-16-8-9-18-11-2-3-12(14)13(10-11)15-4-6-17-7-5-15/h2-3,10H,4-9,14H2,1H3. The molecular weight excluding hydrogens is 232 g/mol. The molecule has 2 N–H and O–H groups in total. The van der Waals surface area contributed by atoms with Crippen LogP contribution in [0, 0.1) is 0 Å². The van der Waals surface area contributed by atoms with Crippen LogP contribution >= 0.6 is 0 Å². The van der Waals surface area contributed by atoms with Crippen LogP contribution in [0.3, 0.4) is 0 Å². The van der Waals surface area contributed by atoms with Crippen molar-refractivity contribution in [3.05, 3.63) is 18.2 Å². The Kier molecular flexibility index (Phi) is 4.66. The lowest BCUT2D eigenvalue weighted by Crippen LogP contribution is -2.36. The number of nitrogens with two attached hydrogens (primary N) is 1. The second-order valence-corrected chi connectivity index (χ2v) is 4.16. The first-order valence-corrected chi connectivity index (χ1v) is 6.15. The number of morpholine rings is 1. The smallest absolute Gasteiger partial charge is 0.121 e. The molecule has 5 heteroatoms. The molecule has 100 valence electrons. The van der Waals surface area contributed by atoms with Crippen molar-refractivity contribution in [3.63, 3.8) is 0 Å². The normalized spacial score (nSPS) is 15.7. The highest BCUT2D eigenvalue weighted by molar-refractivity contribution is 5.69. The summed E-state index contributed by atoms with van der Waals surface area (Å²) in [6.45, 7) is 4.35. The van der Waals surface area contributed by atoms with Crippen molar-refractivity contribution in [1.82, 2.24) is 0 Å². The molecule has 1 aromatic rings. The van der Waals surface area contributed by atoms with Crippen molar-refractivity contribution in [2.45, 2.75) is 0 Å². The Morgan fingerprint density at radius 1 is 1.28 bits per heavy atom. The fourth-order valence-corrected chi connectivity index (χ4v) is 1.93. The first kappa shape index (κ1) is 13.0. The van der Waals surface area contributed by atoms with E-state index < -0.39 is 0 Å². The van der Waals surface area contributed by atoms with Crippen LogP contribution in [0.4, 0.5) is 11.4 Å². The van der Waals surface area contributed by atoms with E-state index in [-0.39, 0.29) is 0 Å². The molecule has 1 aliphatic rings. The summed E-state index contributed by atoms with van der Waals surface area (Å²) in [5, 5.41) is 0. The zero-order chi connectivity index (χ0) is 12.8. The van der Waals surface area contributed by atoms with Gasteiger partial charge in [-0.3, -0.25) is 0 Å². The van der Waals surface area contributed by atoms with Gasteiger partial charge < -0.3 is 24.8 Å². The van der Waals surface area contributed by atoms with Crippen molar-refractivity contribution in [3.8, 4) is 5.75 Å². The Morgan fingerprint density at radius 2 is 2.06 bits per heavy atom. The van der Waals surface area contributed by atoms with Crippen LogP contribution in [0.15, 0.2) is 18.2 Å². The zero-order valence-electron chi connectivity index (χ0n) is 10.7. The van der Waals surface area contributed by atoms with Gasteiger partial charge in [0.25, 0.3) is 0 Å². The highest BCUT2D eigenvalue weighted by Gasteiger charge is 2.14. The van der Waals surface area contributed by atoms with E-state index in [0.29, 0.717) is 13.2 Å². The third-order valence-corrected chi connectivity index (χ3v) is 2.91. The minimum Gasteiger partial charge on any atom is -0.491 e. The Labute approximate surface area is 107 Å². The number of hydrogen-bond donors (Lipinski definition) is 1. The quantitative estimate of drug-likeness (QED) is 0.629.